The fraction of sp³-hybridized carbons (Fsp3) is 0.542. The zero-order valence-electron chi connectivity index (χ0n) is 19.2. The molecular formula is C24H34N2O5S. The van der Waals surface area contributed by atoms with E-state index in [0.717, 1.165) is 17.7 Å². The monoisotopic (exact) mass is 462 g/mol. The van der Waals surface area contributed by atoms with Gasteiger partial charge in [0.2, 0.25) is 5.91 Å². The lowest BCUT2D eigenvalue weighted by Crippen LogP contribution is -2.48. The molecule has 1 aliphatic heterocycles. The molecule has 0 bridgehead atoms. The van der Waals surface area contributed by atoms with Crippen molar-refractivity contribution in [2.45, 2.75) is 31.9 Å². The molecule has 2 atom stereocenters. The molecular weight excluding hydrogens is 428 g/mol. The number of amides is 1. The van der Waals surface area contributed by atoms with Gasteiger partial charge in [0.1, 0.15) is 18.1 Å². The standard InChI is InChI=1S/C24H34N2O5S/c1-4-18(27)15-25(11-12-29-2)16-24(28)26-10-8-23-21(9-13-32-23)22(26)17-31-20-7-5-6-19(14-20)30-3/h5-7,9,13-14,18,22,27H,4,8,10-12,15-17H2,1-3H3. The van der Waals surface area contributed by atoms with Gasteiger partial charge in [-0.05, 0) is 42.0 Å². The lowest BCUT2D eigenvalue weighted by Gasteiger charge is -2.37. The minimum absolute atomic E-state index is 0.0421. The quantitative estimate of drug-likeness (QED) is 0.523. The third-order valence-electron chi connectivity index (χ3n) is 5.77. The molecule has 7 nitrogen and oxygen atoms in total. The molecule has 0 saturated heterocycles. The molecule has 2 heterocycles. The number of carbonyl (C=O) groups excluding carboxylic acids is 1. The number of hydrogen-bond donors (Lipinski definition) is 1. The van der Waals surface area contributed by atoms with Gasteiger partial charge in [0.15, 0.2) is 0 Å². The van der Waals surface area contributed by atoms with Crippen molar-refractivity contribution in [3.05, 3.63) is 46.2 Å². The molecule has 1 aromatic carbocycles. The lowest BCUT2D eigenvalue weighted by molar-refractivity contribution is -0.136. The van der Waals surface area contributed by atoms with Crippen LogP contribution >= 0.6 is 11.3 Å². The molecule has 1 amide bonds. The van der Waals surface area contributed by atoms with Gasteiger partial charge in [-0.15, -0.1) is 11.3 Å². The van der Waals surface area contributed by atoms with E-state index in [0.29, 0.717) is 45.0 Å². The van der Waals surface area contributed by atoms with Gasteiger partial charge in [-0.3, -0.25) is 9.69 Å². The number of nitrogens with zero attached hydrogens (tertiary/aromatic N) is 2. The number of benzene rings is 1. The Bertz CT molecular complexity index is 858. The summed E-state index contributed by atoms with van der Waals surface area (Å²) < 4.78 is 16.6. The summed E-state index contributed by atoms with van der Waals surface area (Å²) in [5, 5.41) is 12.2. The van der Waals surface area contributed by atoms with Crippen molar-refractivity contribution in [2.24, 2.45) is 0 Å². The summed E-state index contributed by atoms with van der Waals surface area (Å²) in [6.45, 7) is 4.78. The van der Waals surface area contributed by atoms with Crippen LogP contribution in [0.3, 0.4) is 0 Å². The van der Waals surface area contributed by atoms with E-state index in [2.05, 4.69) is 11.4 Å². The molecule has 0 fully saturated rings. The number of methoxy groups -OCH3 is 2. The Morgan fingerprint density at radius 3 is 2.88 bits per heavy atom. The number of thiophene rings is 1. The smallest absolute Gasteiger partial charge is 0.237 e. The minimum atomic E-state index is -0.461. The van der Waals surface area contributed by atoms with Crippen LogP contribution in [-0.2, 0) is 16.0 Å². The van der Waals surface area contributed by atoms with E-state index >= 15 is 0 Å². The molecule has 1 aromatic heterocycles. The molecule has 32 heavy (non-hydrogen) atoms. The van der Waals surface area contributed by atoms with Gasteiger partial charge in [-0.2, -0.15) is 0 Å². The van der Waals surface area contributed by atoms with Gasteiger partial charge in [-0.25, -0.2) is 0 Å². The first kappa shape index (κ1) is 24.5. The molecule has 3 rings (SSSR count). The summed E-state index contributed by atoms with van der Waals surface area (Å²) in [5.74, 6) is 1.49. The predicted molar refractivity (Wildman–Crippen MR) is 126 cm³/mol. The maximum absolute atomic E-state index is 13.4. The SMILES string of the molecule is CCC(O)CN(CCOC)CC(=O)N1CCc2sccc2C1COc1cccc(OC)c1. The number of fused-ring (bicyclic) bond motifs is 1. The molecule has 0 saturated carbocycles. The number of aliphatic hydroxyl groups excluding tert-OH is 1. The van der Waals surface area contributed by atoms with E-state index < -0.39 is 6.10 Å². The van der Waals surface area contributed by atoms with Crippen molar-refractivity contribution < 1.29 is 24.1 Å². The number of hydrogen-bond acceptors (Lipinski definition) is 7. The number of ether oxygens (including phenoxy) is 3. The molecule has 0 spiro atoms. The van der Waals surface area contributed by atoms with Crippen LogP contribution in [0.1, 0.15) is 29.8 Å². The first-order valence-electron chi connectivity index (χ1n) is 11.1. The zero-order valence-corrected chi connectivity index (χ0v) is 20.0. The van der Waals surface area contributed by atoms with Crippen molar-refractivity contribution >= 4 is 17.2 Å². The summed E-state index contributed by atoms with van der Waals surface area (Å²) in [5.41, 5.74) is 1.16. The van der Waals surface area contributed by atoms with E-state index in [1.54, 1.807) is 25.6 Å². The van der Waals surface area contributed by atoms with Crippen molar-refractivity contribution in [3.8, 4) is 11.5 Å². The molecule has 0 aliphatic carbocycles. The molecule has 8 heteroatoms. The van der Waals surface area contributed by atoms with Crippen LogP contribution in [0.2, 0.25) is 0 Å². The summed E-state index contributed by atoms with van der Waals surface area (Å²) >= 11 is 1.73. The summed E-state index contributed by atoms with van der Waals surface area (Å²) in [4.78, 5) is 18.6. The van der Waals surface area contributed by atoms with Crippen LogP contribution in [0.5, 0.6) is 11.5 Å². The van der Waals surface area contributed by atoms with Gasteiger partial charge in [-0.1, -0.05) is 13.0 Å². The van der Waals surface area contributed by atoms with Gasteiger partial charge in [0.05, 0.1) is 32.4 Å². The number of carbonyl (C=O) groups is 1. The van der Waals surface area contributed by atoms with E-state index in [4.69, 9.17) is 14.2 Å². The summed E-state index contributed by atoms with van der Waals surface area (Å²) in [6, 6.07) is 9.46. The van der Waals surface area contributed by atoms with Crippen LogP contribution in [0, 0.1) is 0 Å². The Kier molecular flexibility index (Phi) is 9.35. The van der Waals surface area contributed by atoms with Crippen LogP contribution in [-0.4, -0.2) is 80.5 Å². The second-order valence-electron chi connectivity index (χ2n) is 7.93. The Labute approximate surface area is 194 Å². The highest BCUT2D eigenvalue weighted by atomic mass is 32.1. The number of rotatable bonds is 12. The molecule has 2 unspecified atom stereocenters. The van der Waals surface area contributed by atoms with Crippen LogP contribution in [0.15, 0.2) is 35.7 Å². The Hall–Kier alpha value is -2.13. The summed E-state index contributed by atoms with van der Waals surface area (Å²) in [6.07, 6.45) is 1.04. The van der Waals surface area contributed by atoms with E-state index in [1.807, 2.05) is 41.0 Å². The van der Waals surface area contributed by atoms with Crippen LogP contribution < -0.4 is 9.47 Å². The number of aliphatic hydroxyl groups is 1. The zero-order chi connectivity index (χ0) is 22.9. The first-order chi connectivity index (χ1) is 15.5. The van der Waals surface area contributed by atoms with Crippen molar-refractivity contribution in [2.75, 3.05) is 53.6 Å². The Balaban J connectivity index is 1.72. The van der Waals surface area contributed by atoms with Crippen LogP contribution in [0.25, 0.3) is 0 Å². The third kappa shape index (κ3) is 6.45. The van der Waals surface area contributed by atoms with Gasteiger partial charge in [0.25, 0.3) is 0 Å². The van der Waals surface area contributed by atoms with Crippen molar-refractivity contribution in [1.82, 2.24) is 9.80 Å². The summed E-state index contributed by atoms with van der Waals surface area (Å²) in [7, 11) is 3.27. The maximum atomic E-state index is 13.4. The molecule has 1 aliphatic rings. The van der Waals surface area contributed by atoms with Crippen molar-refractivity contribution in [3.63, 3.8) is 0 Å². The molecule has 176 valence electrons. The largest absolute Gasteiger partial charge is 0.497 e. The highest BCUT2D eigenvalue weighted by molar-refractivity contribution is 7.10. The van der Waals surface area contributed by atoms with E-state index in [1.165, 1.54) is 4.88 Å². The third-order valence-corrected chi connectivity index (χ3v) is 6.77. The van der Waals surface area contributed by atoms with Gasteiger partial charge >= 0.3 is 0 Å². The Morgan fingerprint density at radius 2 is 2.12 bits per heavy atom. The lowest BCUT2D eigenvalue weighted by atomic mass is 10.0. The first-order valence-corrected chi connectivity index (χ1v) is 12.0. The van der Waals surface area contributed by atoms with Gasteiger partial charge < -0.3 is 24.2 Å². The molecule has 1 N–H and O–H groups in total. The van der Waals surface area contributed by atoms with E-state index in [-0.39, 0.29) is 18.5 Å². The minimum Gasteiger partial charge on any atom is -0.497 e. The fourth-order valence-electron chi connectivity index (χ4n) is 3.91. The van der Waals surface area contributed by atoms with Gasteiger partial charge in [0, 0.05) is 37.7 Å². The highest BCUT2D eigenvalue weighted by Crippen LogP contribution is 2.34. The average molecular weight is 463 g/mol. The van der Waals surface area contributed by atoms with Crippen molar-refractivity contribution in [1.29, 1.82) is 0 Å². The highest BCUT2D eigenvalue weighted by Gasteiger charge is 2.33. The van der Waals surface area contributed by atoms with Crippen LogP contribution in [0.4, 0.5) is 0 Å². The second-order valence-corrected chi connectivity index (χ2v) is 8.93. The maximum Gasteiger partial charge on any atom is 0.237 e. The normalized spacial score (nSPS) is 16.7. The second kappa shape index (κ2) is 12.2. The Morgan fingerprint density at radius 1 is 1.31 bits per heavy atom. The average Bonchev–Trinajstić information content (AvgIpc) is 3.30. The predicted octanol–water partition coefficient (Wildman–Crippen LogP) is 2.98. The van der Waals surface area contributed by atoms with E-state index in [9.17, 15) is 9.90 Å². The topological polar surface area (TPSA) is 71.5 Å². The molecule has 2 aromatic rings. The fourth-order valence-corrected chi connectivity index (χ4v) is 4.83. The molecule has 0 radical (unpaired) electrons.